The van der Waals surface area contributed by atoms with E-state index in [9.17, 15) is 13.2 Å². The van der Waals surface area contributed by atoms with E-state index in [2.05, 4.69) is 11.6 Å². The fraction of sp³-hybridized carbons (Fsp3) is 0.381. The van der Waals surface area contributed by atoms with Crippen molar-refractivity contribution in [1.82, 2.24) is 4.90 Å². The number of ether oxygens (including phenoxy) is 1. The van der Waals surface area contributed by atoms with Crippen molar-refractivity contribution in [2.75, 3.05) is 17.9 Å². The molecule has 1 heterocycles. The third-order valence-electron chi connectivity index (χ3n) is 4.89. The number of nitrogens with one attached hydrogen (secondary N) is 1. The molecule has 3 rings (SSSR count). The Hall–Kier alpha value is -2.54. The van der Waals surface area contributed by atoms with Crippen LogP contribution in [-0.4, -0.2) is 38.4 Å². The standard InChI is InChI=1S/C21H26N2O4S/c1-3-27-19-11-13-20(14-12-19)28(25,26)22-18-9-7-17(8-10-18)21(24)23-15-5-4-6-16(23)2/h7-14,16,22H,3-6,15H2,1-2H3. The molecule has 1 amide bonds. The van der Waals surface area contributed by atoms with Crippen LogP contribution in [0.2, 0.25) is 0 Å². The number of piperidine rings is 1. The summed E-state index contributed by atoms with van der Waals surface area (Å²) in [6.45, 7) is 5.22. The highest BCUT2D eigenvalue weighted by molar-refractivity contribution is 7.92. The SMILES string of the molecule is CCOc1ccc(S(=O)(=O)Nc2ccc(C(=O)N3CCCCC3C)cc2)cc1. The van der Waals surface area contributed by atoms with Crippen LogP contribution in [0.15, 0.2) is 53.4 Å². The van der Waals surface area contributed by atoms with Crippen LogP contribution in [0.5, 0.6) is 5.75 Å². The monoisotopic (exact) mass is 402 g/mol. The maximum atomic E-state index is 12.7. The molecule has 1 aliphatic heterocycles. The molecule has 0 aliphatic carbocycles. The number of likely N-dealkylation sites (tertiary alicyclic amines) is 1. The molecule has 2 aromatic carbocycles. The fourth-order valence-electron chi connectivity index (χ4n) is 3.34. The summed E-state index contributed by atoms with van der Waals surface area (Å²) in [7, 11) is -3.71. The predicted molar refractivity (Wildman–Crippen MR) is 109 cm³/mol. The summed E-state index contributed by atoms with van der Waals surface area (Å²) in [4.78, 5) is 14.7. The fourth-order valence-corrected chi connectivity index (χ4v) is 4.40. The van der Waals surface area contributed by atoms with Gasteiger partial charge in [-0.25, -0.2) is 8.42 Å². The van der Waals surface area contributed by atoms with E-state index < -0.39 is 10.0 Å². The maximum absolute atomic E-state index is 12.7. The average Bonchev–Trinajstić information content (AvgIpc) is 2.69. The summed E-state index contributed by atoms with van der Waals surface area (Å²) >= 11 is 0. The van der Waals surface area contributed by atoms with Gasteiger partial charge in [-0.05, 0) is 81.6 Å². The van der Waals surface area contributed by atoms with E-state index in [1.54, 1.807) is 36.4 Å². The second-order valence-electron chi connectivity index (χ2n) is 6.93. The molecule has 7 heteroatoms. The molecule has 150 valence electrons. The first kappa shape index (κ1) is 20.2. The van der Waals surface area contributed by atoms with Gasteiger partial charge in [-0.3, -0.25) is 9.52 Å². The molecule has 1 unspecified atom stereocenters. The zero-order chi connectivity index (χ0) is 20.1. The van der Waals surface area contributed by atoms with Crippen molar-refractivity contribution in [3.05, 3.63) is 54.1 Å². The highest BCUT2D eigenvalue weighted by Crippen LogP contribution is 2.22. The first-order chi connectivity index (χ1) is 13.4. The molecule has 2 aromatic rings. The lowest BCUT2D eigenvalue weighted by atomic mass is 10.0. The number of amides is 1. The second-order valence-corrected chi connectivity index (χ2v) is 8.61. The van der Waals surface area contributed by atoms with Gasteiger partial charge in [0.25, 0.3) is 15.9 Å². The van der Waals surface area contributed by atoms with Crippen LogP contribution in [0.4, 0.5) is 5.69 Å². The quantitative estimate of drug-likeness (QED) is 0.795. The zero-order valence-electron chi connectivity index (χ0n) is 16.2. The molecule has 1 fully saturated rings. The molecule has 0 bridgehead atoms. The number of sulfonamides is 1. The van der Waals surface area contributed by atoms with Crippen molar-refractivity contribution in [3.63, 3.8) is 0 Å². The molecule has 0 aromatic heterocycles. The number of carbonyl (C=O) groups excluding carboxylic acids is 1. The van der Waals surface area contributed by atoms with Gasteiger partial charge in [-0.1, -0.05) is 0 Å². The molecular formula is C21H26N2O4S. The van der Waals surface area contributed by atoms with Crippen molar-refractivity contribution < 1.29 is 17.9 Å². The summed E-state index contributed by atoms with van der Waals surface area (Å²) in [6.07, 6.45) is 3.19. The Bertz CT molecular complexity index is 908. The normalized spacial score (nSPS) is 17.2. The minimum atomic E-state index is -3.71. The van der Waals surface area contributed by atoms with Crippen molar-refractivity contribution >= 4 is 21.6 Å². The van der Waals surface area contributed by atoms with Crippen molar-refractivity contribution in [3.8, 4) is 5.75 Å². The summed E-state index contributed by atoms with van der Waals surface area (Å²) in [5.74, 6) is 0.615. The third kappa shape index (κ3) is 4.65. The van der Waals surface area contributed by atoms with Crippen LogP contribution in [0.25, 0.3) is 0 Å². The van der Waals surface area contributed by atoms with E-state index in [1.165, 1.54) is 12.1 Å². The van der Waals surface area contributed by atoms with Crippen molar-refractivity contribution in [2.45, 2.75) is 44.0 Å². The molecule has 0 spiro atoms. The van der Waals surface area contributed by atoms with Crippen molar-refractivity contribution in [2.24, 2.45) is 0 Å². The average molecular weight is 403 g/mol. The van der Waals surface area contributed by atoms with E-state index in [-0.39, 0.29) is 16.8 Å². The van der Waals surface area contributed by atoms with Gasteiger partial charge in [0, 0.05) is 23.8 Å². The van der Waals surface area contributed by atoms with Crippen LogP contribution >= 0.6 is 0 Å². The number of carbonyl (C=O) groups is 1. The largest absolute Gasteiger partial charge is 0.494 e. The Morgan fingerprint density at radius 2 is 1.79 bits per heavy atom. The molecule has 28 heavy (non-hydrogen) atoms. The van der Waals surface area contributed by atoms with Gasteiger partial charge in [0.15, 0.2) is 0 Å². The Kier molecular flexibility index (Phi) is 6.24. The number of benzene rings is 2. The Balaban J connectivity index is 1.70. The molecule has 1 saturated heterocycles. The Morgan fingerprint density at radius 3 is 2.39 bits per heavy atom. The number of hydrogen-bond donors (Lipinski definition) is 1. The van der Waals surface area contributed by atoms with Crippen LogP contribution in [0.3, 0.4) is 0 Å². The molecule has 0 saturated carbocycles. The first-order valence-electron chi connectivity index (χ1n) is 9.57. The molecule has 6 nitrogen and oxygen atoms in total. The van der Waals surface area contributed by atoms with Gasteiger partial charge >= 0.3 is 0 Å². The minimum absolute atomic E-state index is 0.00637. The van der Waals surface area contributed by atoms with Gasteiger partial charge < -0.3 is 9.64 Å². The van der Waals surface area contributed by atoms with Crippen molar-refractivity contribution in [1.29, 1.82) is 0 Å². The summed E-state index contributed by atoms with van der Waals surface area (Å²) in [5.41, 5.74) is 0.981. The lowest BCUT2D eigenvalue weighted by Crippen LogP contribution is -2.42. The van der Waals surface area contributed by atoms with Crippen LogP contribution < -0.4 is 9.46 Å². The highest BCUT2D eigenvalue weighted by atomic mass is 32.2. The number of nitrogens with zero attached hydrogens (tertiary/aromatic N) is 1. The van der Waals surface area contributed by atoms with Gasteiger partial charge in [0.2, 0.25) is 0 Å². The number of hydrogen-bond acceptors (Lipinski definition) is 4. The van der Waals surface area contributed by atoms with E-state index in [1.807, 2.05) is 11.8 Å². The molecule has 1 atom stereocenters. The smallest absolute Gasteiger partial charge is 0.261 e. The van der Waals surface area contributed by atoms with E-state index in [0.717, 1.165) is 25.8 Å². The Labute approximate surface area is 166 Å². The maximum Gasteiger partial charge on any atom is 0.261 e. The lowest BCUT2D eigenvalue weighted by Gasteiger charge is -2.33. The van der Waals surface area contributed by atoms with Crippen LogP contribution in [0, 0.1) is 0 Å². The van der Waals surface area contributed by atoms with Crippen LogP contribution in [-0.2, 0) is 10.0 Å². The van der Waals surface area contributed by atoms with Gasteiger partial charge in [-0.15, -0.1) is 0 Å². The minimum Gasteiger partial charge on any atom is -0.494 e. The summed E-state index contributed by atoms with van der Waals surface area (Å²) < 4.78 is 33.0. The third-order valence-corrected chi connectivity index (χ3v) is 6.29. The molecule has 1 aliphatic rings. The lowest BCUT2D eigenvalue weighted by molar-refractivity contribution is 0.0635. The number of rotatable bonds is 6. The zero-order valence-corrected chi connectivity index (χ0v) is 17.0. The highest BCUT2D eigenvalue weighted by Gasteiger charge is 2.24. The van der Waals surface area contributed by atoms with E-state index >= 15 is 0 Å². The second kappa shape index (κ2) is 8.65. The summed E-state index contributed by atoms with van der Waals surface area (Å²) in [6, 6.07) is 13.1. The van der Waals surface area contributed by atoms with E-state index in [0.29, 0.717) is 23.6 Å². The van der Waals surface area contributed by atoms with Gasteiger partial charge in [-0.2, -0.15) is 0 Å². The van der Waals surface area contributed by atoms with E-state index in [4.69, 9.17) is 4.74 Å². The molecule has 0 radical (unpaired) electrons. The topological polar surface area (TPSA) is 75.7 Å². The van der Waals surface area contributed by atoms with Crippen LogP contribution in [0.1, 0.15) is 43.5 Å². The molecular weight excluding hydrogens is 376 g/mol. The van der Waals surface area contributed by atoms with Gasteiger partial charge in [0.05, 0.1) is 11.5 Å². The Morgan fingerprint density at radius 1 is 1.11 bits per heavy atom. The predicted octanol–water partition coefficient (Wildman–Crippen LogP) is 3.90. The molecule has 1 N–H and O–H groups in total. The number of anilines is 1. The first-order valence-corrected chi connectivity index (χ1v) is 11.1. The summed E-state index contributed by atoms with van der Waals surface area (Å²) in [5, 5.41) is 0. The van der Waals surface area contributed by atoms with Gasteiger partial charge in [0.1, 0.15) is 5.75 Å².